The number of fused-ring (bicyclic) bond motifs is 3. The Kier molecular flexibility index (Phi) is 4.59. The van der Waals surface area contributed by atoms with E-state index in [0.717, 1.165) is 26.7 Å². The molecular weight excluding hydrogens is 410 g/mol. The number of aryl methyl sites for hydroxylation is 2. The number of anilines is 1. The monoisotopic (exact) mass is 429 g/mol. The SMILES string of the molecule is CCc1nc(NC(=O)C2=C(O)c3ccc4ccccc4c3S(=O)(=O)N2C)sc1C. The van der Waals surface area contributed by atoms with E-state index in [2.05, 4.69) is 10.3 Å². The minimum Gasteiger partial charge on any atom is -0.505 e. The summed E-state index contributed by atoms with van der Waals surface area (Å²) in [7, 11) is -2.78. The lowest BCUT2D eigenvalue weighted by molar-refractivity contribution is -0.113. The number of rotatable bonds is 3. The molecular formula is C20H19N3O4S2. The van der Waals surface area contributed by atoms with Gasteiger partial charge in [0.05, 0.1) is 5.69 Å². The molecule has 1 aliphatic heterocycles. The first-order chi connectivity index (χ1) is 13.8. The highest BCUT2D eigenvalue weighted by Gasteiger charge is 2.39. The lowest BCUT2D eigenvalue weighted by Gasteiger charge is -2.29. The first kappa shape index (κ1) is 19.4. The number of thiazole rings is 1. The molecule has 150 valence electrons. The summed E-state index contributed by atoms with van der Waals surface area (Å²) in [6, 6.07) is 10.3. The average molecular weight is 430 g/mol. The first-order valence-corrected chi connectivity index (χ1v) is 11.2. The van der Waals surface area contributed by atoms with Crippen LogP contribution in [-0.4, -0.2) is 35.8 Å². The van der Waals surface area contributed by atoms with Crippen LogP contribution in [0.15, 0.2) is 47.0 Å². The first-order valence-electron chi connectivity index (χ1n) is 8.97. The zero-order valence-corrected chi connectivity index (χ0v) is 17.7. The summed E-state index contributed by atoms with van der Waals surface area (Å²) in [6.45, 7) is 3.87. The molecule has 0 saturated heterocycles. The van der Waals surface area contributed by atoms with Gasteiger partial charge < -0.3 is 5.11 Å². The van der Waals surface area contributed by atoms with Crippen molar-refractivity contribution in [3.05, 3.63) is 58.2 Å². The molecule has 1 aromatic heterocycles. The Morgan fingerprint density at radius 3 is 2.66 bits per heavy atom. The van der Waals surface area contributed by atoms with Crippen molar-refractivity contribution in [1.82, 2.24) is 9.29 Å². The van der Waals surface area contributed by atoms with E-state index in [0.29, 0.717) is 10.5 Å². The smallest absolute Gasteiger partial charge is 0.278 e. The molecule has 9 heteroatoms. The van der Waals surface area contributed by atoms with E-state index in [1.165, 1.54) is 24.5 Å². The summed E-state index contributed by atoms with van der Waals surface area (Å²) in [6.07, 6.45) is 0.723. The van der Waals surface area contributed by atoms with Crippen LogP contribution in [-0.2, 0) is 21.2 Å². The third-order valence-corrected chi connectivity index (χ3v) is 7.74. The van der Waals surface area contributed by atoms with Gasteiger partial charge in [0.2, 0.25) is 0 Å². The maximum Gasteiger partial charge on any atom is 0.278 e. The fourth-order valence-corrected chi connectivity index (χ4v) is 5.94. The van der Waals surface area contributed by atoms with Gasteiger partial charge in [-0.15, -0.1) is 11.3 Å². The number of hydrogen-bond acceptors (Lipinski definition) is 6. The lowest BCUT2D eigenvalue weighted by atomic mass is 10.0. The maximum atomic E-state index is 13.2. The second-order valence-electron chi connectivity index (χ2n) is 6.66. The summed E-state index contributed by atoms with van der Waals surface area (Å²) in [5.41, 5.74) is 0.639. The van der Waals surface area contributed by atoms with Crippen molar-refractivity contribution in [2.24, 2.45) is 0 Å². The number of aliphatic hydroxyl groups is 1. The minimum absolute atomic E-state index is 0.00878. The summed E-state index contributed by atoms with van der Waals surface area (Å²) >= 11 is 1.31. The van der Waals surface area contributed by atoms with Crippen molar-refractivity contribution >= 4 is 48.9 Å². The lowest BCUT2D eigenvalue weighted by Crippen LogP contribution is -2.37. The van der Waals surface area contributed by atoms with Gasteiger partial charge in [0.25, 0.3) is 15.9 Å². The summed E-state index contributed by atoms with van der Waals surface area (Å²) in [4.78, 5) is 18.2. The predicted octanol–water partition coefficient (Wildman–Crippen LogP) is 3.67. The van der Waals surface area contributed by atoms with Gasteiger partial charge in [-0.25, -0.2) is 13.4 Å². The van der Waals surface area contributed by atoms with Crippen molar-refractivity contribution < 1.29 is 18.3 Å². The van der Waals surface area contributed by atoms with Crippen LogP contribution in [0.3, 0.4) is 0 Å². The van der Waals surface area contributed by atoms with Gasteiger partial charge in [0, 0.05) is 22.9 Å². The Hall–Kier alpha value is -2.91. The number of carbonyl (C=O) groups excluding carboxylic acids is 1. The molecule has 1 amide bonds. The molecule has 0 aliphatic carbocycles. The van der Waals surface area contributed by atoms with Crippen molar-refractivity contribution in [2.75, 3.05) is 12.4 Å². The Morgan fingerprint density at radius 2 is 1.97 bits per heavy atom. The van der Waals surface area contributed by atoms with Gasteiger partial charge in [-0.2, -0.15) is 0 Å². The number of amides is 1. The number of nitrogens with zero attached hydrogens (tertiary/aromatic N) is 2. The van der Waals surface area contributed by atoms with E-state index < -0.39 is 15.9 Å². The third kappa shape index (κ3) is 2.97. The summed E-state index contributed by atoms with van der Waals surface area (Å²) < 4.78 is 27.3. The van der Waals surface area contributed by atoms with Crippen LogP contribution in [0.1, 0.15) is 23.1 Å². The molecule has 2 N–H and O–H groups in total. The Bertz CT molecular complexity index is 1290. The molecule has 29 heavy (non-hydrogen) atoms. The van der Waals surface area contributed by atoms with Gasteiger partial charge in [0.1, 0.15) is 4.90 Å². The van der Waals surface area contributed by atoms with Crippen LogP contribution in [0.5, 0.6) is 0 Å². The fraction of sp³-hybridized carbons (Fsp3) is 0.200. The van der Waals surface area contributed by atoms with Gasteiger partial charge in [-0.05, 0) is 24.8 Å². The second kappa shape index (κ2) is 6.85. The maximum absolute atomic E-state index is 13.2. The van der Waals surface area contributed by atoms with E-state index in [1.807, 2.05) is 19.9 Å². The number of aliphatic hydroxyl groups excluding tert-OH is 1. The molecule has 4 rings (SSSR count). The molecule has 7 nitrogen and oxygen atoms in total. The van der Waals surface area contributed by atoms with Crippen molar-refractivity contribution in [1.29, 1.82) is 0 Å². The quantitative estimate of drug-likeness (QED) is 0.662. The van der Waals surface area contributed by atoms with Crippen molar-refractivity contribution in [3.8, 4) is 0 Å². The third-order valence-electron chi connectivity index (χ3n) is 4.96. The zero-order chi connectivity index (χ0) is 20.9. The number of nitrogens with one attached hydrogen (secondary N) is 1. The van der Waals surface area contributed by atoms with Crippen LogP contribution >= 0.6 is 11.3 Å². The highest BCUT2D eigenvalue weighted by Crippen LogP contribution is 2.39. The molecule has 0 saturated carbocycles. The zero-order valence-electron chi connectivity index (χ0n) is 16.1. The number of carbonyl (C=O) groups is 1. The normalized spacial score (nSPS) is 15.5. The second-order valence-corrected chi connectivity index (χ2v) is 9.77. The highest BCUT2D eigenvalue weighted by atomic mass is 32.2. The van der Waals surface area contributed by atoms with Crippen LogP contribution in [0.25, 0.3) is 16.5 Å². The van der Waals surface area contributed by atoms with Crippen molar-refractivity contribution in [3.63, 3.8) is 0 Å². The largest absolute Gasteiger partial charge is 0.505 e. The highest BCUT2D eigenvalue weighted by molar-refractivity contribution is 7.89. The summed E-state index contributed by atoms with van der Waals surface area (Å²) in [5, 5.41) is 15.0. The van der Waals surface area contributed by atoms with E-state index >= 15 is 0 Å². The Labute approximate surface area is 172 Å². The van der Waals surface area contributed by atoms with Gasteiger partial charge in [-0.3, -0.25) is 14.4 Å². The molecule has 1 aliphatic rings. The molecule has 0 fully saturated rings. The fourth-order valence-electron chi connectivity index (χ4n) is 3.46. The molecule has 3 aromatic rings. The Morgan fingerprint density at radius 1 is 1.24 bits per heavy atom. The number of aromatic nitrogens is 1. The average Bonchev–Trinajstić information content (AvgIpc) is 3.05. The number of likely N-dealkylation sites (N-methyl/N-ethyl adjacent to an activating group) is 1. The summed E-state index contributed by atoms with van der Waals surface area (Å²) in [5.74, 6) is -1.12. The predicted molar refractivity (Wildman–Crippen MR) is 113 cm³/mol. The molecule has 2 aromatic carbocycles. The van der Waals surface area contributed by atoms with Crippen LogP contribution < -0.4 is 5.32 Å². The van der Waals surface area contributed by atoms with Crippen molar-refractivity contribution in [2.45, 2.75) is 25.2 Å². The minimum atomic E-state index is -4.04. The number of benzene rings is 2. The molecule has 0 atom stereocenters. The molecule has 0 spiro atoms. The molecule has 0 bridgehead atoms. The van der Waals surface area contributed by atoms with E-state index in [9.17, 15) is 18.3 Å². The Balaban J connectivity index is 1.85. The van der Waals surface area contributed by atoms with E-state index in [-0.39, 0.29) is 21.9 Å². The van der Waals surface area contributed by atoms with E-state index in [1.54, 1.807) is 24.3 Å². The van der Waals surface area contributed by atoms with Crippen LogP contribution in [0.2, 0.25) is 0 Å². The molecule has 0 radical (unpaired) electrons. The number of sulfonamides is 1. The van der Waals surface area contributed by atoms with Crippen LogP contribution in [0.4, 0.5) is 5.13 Å². The molecule has 0 unspecified atom stereocenters. The number of hydrogen-bond donors (Lipinski definition) is 2. The standard InChI is InChI=1S/C20H19N3O4S2/c1-4-15-11(2)28-20(21-15)22-19(25)16-17(24)14-10-9-12-7-5-6-8-13(12)18(14)29(26,27)23(16)3/h5-10,24H,4H2,1-3H3,(H,21,22,25). The van der Waals surface area contributed by atoms with Gasteiger partial charge in [-0.1, -0.05) is 37.3 Å². The van der Waals surface area contributed by atoms with Crippen LogP contribution in [0, 0.1) is 6.92 Å². The topological polar surface area (TPSA) is 99.6 Å². The van der Waals surface area contributed by atoms with E-state index in [4.69, 9.17) is 0 Å². The molecule has 2 heterocycles. The van der Waals surface area contributed by atoms with Gasteiger partial charge >= 0.3 is 0 Å². The van der Waals surface area contributed by atoms with Gasteiger partial charge in [0.15, 0.2) is 16.6 Å².